The number of ether oxygens (including phenoxy) is 1. The van der Waals surface area contributed by atoms with Crippen molar-refractivity contribution in [2.24, 2.45) is 0 Å². The van der Waals surface area contributed by atoms with Crippen LogP contribution in [0.4, 0.5) is 19.0 Å². The molecule has 1 fully saturated rings. The third kappa shape index (κ3) is 7.50. The van der Waals surface area contributed by atoms with Gasteiger partial charge in [0.25, 0.3) is 0 Å². The first kappa shape index (κ1) is 29.3. The lowest BCUT2D eigenvalue weighted by molar-refractivity contribution is -0.192. The minimum atomic E-state index is -5.08. The zero-order valence-electron chi connectivity index (χ0n) is 22.4. The summed E-state index contributed by atoms with van der Waals surface area (Å²) in [7, 11) is 1.76. The van der Waals surface area contributed by atoms with Gasteiger partial charge < -0.3 is 15.2 Å². The molecule has 0 amide bonds. The second kappa shape index (κ2) is 13.1. The number of carboxylic acids is 1. The number of imidazole rings is 1. The van der Waals surface area contributed by atoms with Crippen molar-refractivity contribution >= 4 is 29.2 Å². The molecule has 1 aliphatic rings. The summed E-state index contributed by atoms with van der Waals surface area (Å²) in [5.74, 6) is -0.781. The van der Waals surface area contributed by atoms with Crippen LogP contribution in [0.5, 0.6) is 5.75 Å². The number of thioether (sulfide) groups is 1. The summed E-state index contributed by atoms with van der Waals surface area (Å²) in [6.07, 6.45) is 3.68. The molecule has 0 spiro atoms. The summed E-state index contributed by atoms with van der Waals surface area (Å²) in [6.45, 7) is 2.86. The predicted molar refractivity (Wildman–Crippen MR) is 152 cm³/mol. The largest absolute Gasteiger partial charge is 0.496 e. The molecule has 0 radical (unpaired) electrons. The van der Waals surface area contributed by atoms with E-state index in [9.17, 15) is 13.2 Å². The number of hydrogen-bond donors (Lipinski definition) is 2. The zero-order chi connectivity index (χ0) is 28.7. The van der Waals surface area contributed by atoms with Crippen LogP contribution in [-0.4, -0.2) is 39.0 Å². The number of rotatable bonds is 7. The molecule has 40 heavy (non-hydrogen) atoms. The van der Waals surface area contributed by atoms with Crippen LogP contribution in [0, 0.1) is 6.92 Å². The number of pyridine rings is 1. The van der Waals surface area contributed by atoms with Crippen LogP contribution >= 0.6 is 11.8 Å². The van der Waals surface area contributed by atoms with Crippen LogP contribution in [0.1, 0.15) is 43.2 Å². The number of alkyl halides is 3. The first-order valence-corrected chi connectivity index (χ1v) is 14.0. The van der Waals surface area contributed by atoms with Crippen LogP contribution in [0.3, 0.4) is 0 Å². The molecule has 2 aromatic heterocycles. The lowest BCUT2D eigenvalue weighted by atomic mass is 10.0. The van der Waals surface area contributed by atoms with Crippen molar-refractivity contribution in [2.75, 3.05) is 12.4 Å². The van der Waals surface area contributed by atoms with Gasteiger partial charge in [-0.25, -0.2) is 9.78 Å². The van der Waals surface area contributed by atoms with Crippen LogP contribution in [0.25, 0.3) is 16.9 Å². The summed E-state index contributed by atoms with van der Waals surface area (Å²) in [4.78, 5) is 15.1. The highest BCUT2D eigenvalue weighted by atomic mass is 32.2. The number of anilines is 1. The maximum Gasteiger partial charge on any atom is 0.490 e. The molecule has 2 heterocycles. The number of benzene rings is 2. The van der Waals surface area contributed by atoms with Gasteiger partial charge in [0, 0.05) is 23.6 Å². The number of nitrogens with zero attached hydrogens (tertiary/aromatic N) is 2. The van der Waals surface area contributed by atoms with E-state index in [2.05, 4.69) is 83.5 Å². The maximum atomic E-state index is 10.6. The van der Waals surface area contributed by atoms with Crippen molar-refractivity contribution in [2.45, 2.75) is 61.9 Å². The van der Waals surface area contributed by atoms with Crippen molar-refractivity contribution in [1.29, 1.82) is 0 Å². The third-order valence-electron chi connectivity index (χ3n) is 6.59. The highest BCUT2D eigenvalue weighted by Gasteiger charge is 2.38. The molecule has 2 N–H and O–H groups in total. The molecular formula is C30H32F3N3O3S. The molecule has 4 aromatic rings. The molecule has 0 atom stereocenters. The van der Waals surface area contributed by atoms with Crippen molar-refractivity contribution in [1.82, 2.24) is 9.38 Å². The van der Waals surface area contributed by atoms with Crippen molar-refractivity contribution in [3.8, 4) is 17.0 Å². The fraction of sp³-hybridized carbons (Fsp3) is 0.333. The molecule has 1 saturated carbocycles. The van der Waals surface area contributed by atoms with Crippen LogP contribution in [-0.2, 0) is 11.3 Å². The van der Waals surface area contributed by atoms with Gasteiger partial charge in [-0.15, -0.1) is 11.8 Å². The summed E-state index contributed by atoms with van der Waals surface area (Å²) in [5, 5.41) is 11.5. The Kier molecular flexibility index (Phi) is 9.63. The second-order valence-corrected chi connectivity index (χ2v) is 11.0. The number of aromatic nitrogens is 2. The molecule has 10 heteroatoms. The number of carbonyl (C=O) groups is 1. The lowest BCUT2D eigenvalue weighted by Crippen LogP contribution is -2.21. The molecule has 6 nitrogen and oxygen atoms in total. The Morgan fingerprint density at radius 2 is 1.80 bits per heavy atom. The molecule has 0 bridgehead atoms. The van der Waals surface area contributed by atoms with E-state index >= 15 is 0 Å². The third-order valence-corrected chi connectivity index (χ3v) is 7.97. The topological polar surface area (TPSA) is 75.9 Å². The van der Waals surface area contributed by atoms with Gasteiger partial charge in [-0.3, -0.25) is 4.40 Å². The zero-order valence-corrected chi connectivity index (χ0v) is 23.2. The predicted octanol–water partition coefficient (Wildman–Crippen LogP) is 7.99. The van der Waals surface area contributed by atoms with E-state index in [1.807, 2.05) is 11.8 Å². The van der Waals surface area contributed by atoms with Gasteiger partial charge in [-0.05, 0) is 55.2 Å². The fourth-order valence-corrected chi connectivity index (χ4v) is 5.97. The van der Waals surface area contributed by atoms with Crippen LogP contribution in [0.2, 0.25) is 0 Å². The quantitative estimate of drug-likeness (QED) is 0.234. The average molecular weight is 572 g/mol. The van der Waals surface area contributed by atoms with Gasteiger partial charge in [0.05, 0.1) is 12.0 Å². The minimum Gasteiger partial charge on any atom is -0.496 e. The SMILES string of the molecule is COc1ccc(-c2nc3ccc(C)cn3c2NCc2ccccc2)cc1SC1CCCCC1.O=C(O)C(F)(F)F. The number of fused-ring (bicyclic) bond motifs is 1. The highest BCUT2D eigenvalue weighted by Crippen LogP contribution is 2.41. The number of nitrogens with one attached hydrogen (secondary N) is 1. The van der Waals surface area contributed by atoms with E-state index in [1.165, 1.54) is 48.1 Å². The summed E-state index contributed by atoms with van der Waals surface area (Å²) in [6, 6.07) is 21.2. The molecule has 2 aromatic carbocycles. The lowest BCUT2D eigenvalue weighted by Gasteiger charge is -2.22. The van der Waals surface area contributed by atoms with Crippen molar-refractivity contribution in [3.63, 3.8) is 0 Å². The molecule has 5 rings (SSSR count). The minimum absolute atomic E-state index is 0.669. The number of carboxylic acid groups (broad SMARTS) is 1. The molecule has 0 aliphatic heterocycles. The van der Waals surface area contributed by atoms with E-state index in [1.54, 1.807) is 7.11 Å². The normalized spacial score (nSPS) is 13.9. The smallest absolute Gasteiger partial charge is 0.490 e. The average Bonchev–Trinajstić information content (AvgIpc) is 3.30. The van der Waals surface area contributed by atoms with Crippen molar-refractivity contribution in [3.05, 3.63) is 78.0 Å². The van der Waals surface area contributed by atoms with E-state index in [0.29, 0.717) is 5.25 Å². The molecule has 1 aliphatic carbocycles. The second-order valence-electron chi connectivity index (χ2n) is 9.63. The Morgan fingerprint density at radius 3 is 2.45 bits per heavy atom. The molecule has 0 unspecified atom stereocenters. The van der Waals surface area contributed by atoms with Gasteiger partial charge in [0.1, 0.15) is 22.9 Å². The van der Waals surface area contributed by atoms with E-state index in [0.717, 1.165) is 35.0 Å². The number of halogens is 3. The van der Waals surface area contributed by atoms with Gasteiger partial charge in [-0.2, -0.15) is 13.2 Å². The van der Waals surface area contributed by atoms with Crippen LogP contribution in [0.15, 0.2) is 71.8 Å². The van der Waals surface area contributed by atoms with Gasteiger partial charge in [0.2, 0.25) is 0 Å². The number of aliphatic carboxylic acids is 1. The Hall–Kier alpha value is -3.66. The first-order valence-electron chi connectivity index (χ1n) is 13.1. The monoisotopic (exact) mass is 571 g/mol. The Morgan fingerprint density at radius 1 is 1.10 bits per heavy atom. The Balaban J connectivity index is 0.000000470. The standard InChI is InChI=1S/C28H31N3OS.C2HF3O2/c1-20-13-16-26-30-27(28(31(26)19-20)29-18-21-9-5-3-6-10-21)22-14-15-24(32-2)25(17-22)33-23-11-7-4-8-12-23;3-2(4,5)1(6)7/h3,5-6,9-10,13-17,19,23,29H,4,7-8,11-12,18H2,1-2H3;(H,6,7). The van der Waals surface area contributed by atoms with Gasteiger partial charge in [0.15, 0.2) is 0 Å². The first-order chi connectivity index (χ1) is 19.2. The summed E-state index contributed by atoms with van der Waals surface area (Å²) < 4.78 is 39.6. The Bertz CT molecular complexity index is 1430. The van der Waals surface area contributed by atoms with E-state index < -0.39 is 12.1 Å². The maximum absolute atomic E-state index is 10.6. The van der Waals surface area contributed by atoms with Crippen LogP contribution < -0.4 is 10.1 Å². The van der Waals surface area contributed by atoms with Crippen molar-refractivity contribution < 1.29 is 27.8 Å². The number of methoxy groups -OCH3 is 1. The number of aryl methyl sites for hydroxylation is 1. The Labute approximate surface area is 235 Å². The molecular weight excluding hydrogens is 539 g/mol. The number of hydrogen-bond acceptors (Lipinski definition) is 5. The van der Waals surface area contributed by atoms with E-state index in [-0.39, 0.29) is 0 Å². The van der Waals surface area contributed by atoms with E-state index in [4.69, 9.17) is 19.6 Å². The van der Waals surface area contributed by atoms with Gasteiger partial charge in [-0.1, -0.05) is 55.7 Å². The van der Waals surface area contributed by atoms with Gasteiger partial charge >= 0.3 is 12.1 Å². The summed E-state index contributed by atoms with van der Waals surface area (Å²) in [5.41, 5.74) is 5.49. The fourth-order valence-electron chi connectivity index (χ4n) is 4.58. The summed E-state index contributed by atoms with van der Waals surface area (Å²) >= 11 is 1.97. The highest BCUT2D eigenvalue weighted by molar-refractivity contribution is 8.00. The molecule has 212 valence electrons. The molecule has 0 saturated heterocycles.